The highest BCUT2D eigenvalue weighted by molar-refractivity contribution is 6.08. The van der Waals surface area contributed by atoms with Gasteiger partial charge in [0.25, 0.3) is 5.91 Å². The van der Waals surface area contributed by atoms with Crippen LogP contribution < -0.4 is 19.5 Å². The third kappa shape index (κ3) is 5.33. The van der Waals surface area contributed by atoms with Crippen molar-refractivity contribution in [2.75, 3.05) is 14.2 Å². The fourth-order valence-electron chi connectivity index (χ4n) is 6.79. The van der Waals surface area contributed by atoms with Crippen LogP contribution in [0, 0.1) is 5.92 Å². The van der Waals surface area contributed by atoms with E-state index in [9.17, 15) is 14.4 Å². The van der Waals surface area contributed by atoms with Crippen molar-refractivity contribution >= 4 is 17.9 Å². The predicted molar refractivity (Wildman–Crippen MR) is 169 cm³/mol. The van der Waals surface area contributed by atoms with Crippen LogP contribution in [0.15, 0.2) is 97.1 Å². The fraction of sp³-hybridized carbons (Fsp3) is 0.270. The summed E-state index contributed by atoms with van der Waals surface area (Å²) >= 11 is 0. The van der Waals surface area contributed by atoms with E-state index in [2.05, 4.69) is 5.32 Å². The molecular formula is C37H33FN2O7. The SMILES string of the molecule is COc1ccc(COC(=O)C2(F)CC2C2(CC3c4ccccc4Oc4ccccc43)NC(=O)N(Cc3ccc(OC)cc3)C2=O)cc1. The largest absolute Gasteiger partial charge is 0.497 e. The number of hydrogen-bond donors (Lipinski definition) is 1. The van der Waals surface area contributed by atoms with E-state index in [0.29, 0.717) is 34.1 Å². The Bertz CT molecular complexity index is 1800. The summed E-state index contributed by atoms with van der Waals surface area (Å²) in [5.41, 5.74) is -1.27. The zero-order chi connectivity index (χ0) is 32.8. The summed E-state index contributed by atoms with van der Waals surface area (Å²) in [7, 11) is 3.10. The number of urea groups is 1. The summed E-state index contributed by atoms with van der Waals surface area (Å²) in [5, 5.41) is 2.89. The smallest absolute Gasteiger partial charge is 0.344 e. The first-order valence-corrected chi connectivity index (χ1v) is 15.4. The number of nitrogens with zero attached hydrogens (tertiary/aromatic N) is 1. The molecule has 3 unspecified atom stereocenters. The van der Waals surface area contributed by atoms with Gasteiger partial charge in [-0.1, -0.05) is 60.7 Å². The first-order chi connectivity index (χ1) is 22.8. The van der Waals surface area contributed by atoms with Crippen molar-refractivity contribution in [2.45, 2.75) is 43.1 Å². The van der Waals surface area contributed by atoms with E-state index in [1.54, 1.807) is 62.8 Å². The Kier molecular flexibility index (Phi) is 7.58. The molecule has 2 heterocycles. The molecule has 0 radical (unpaired) electrons. The fourth-order valence-corrected chi connectivity index (χ4v) is 6.79. The second-order valence-electron chi connectivity index (χ2n) is 12.1. The number of halogens is 1. The molecule has 1 N–H and O–H groups in total. The topological polar surface area (TPSA) is 103 Å². The molecule has 47 heavy (non-hydrogen) atoms. The van der Waals surface area contributed by atoms with E-state index in [-0.39, 0.29) is 26.0 Å². The minimum atomic E-state index is -2.48. The molecule has 9 nitrogen and oxygen atoms in total. The molecule has 4 aromatic rings. The summed E-state index contributed by atoms with van der Waals surface area (Å²) < 4.78 is 38.7. The maximum atomic E-state index is 16.7. The van der Waals surface area contributed by atoms with E-state index < -0.39 is 41.0 Å². The third-order valence-electron chi connectivity index (χ3n) is 9.39. The Balaban J connectivity index is 1.22. The first kappa shape index (κ1) is 30.3. The first-order valence-electron chi connectivity index (χ1n) is 15.4. The Morgan fingerprint density at radius 2 is 1.40 bits per heavy atom. The number of alkyl halides is 1. The lowest BCUT2D eigenvalue weighted by atomic mass is 9.75. The van der Waals surface area contributed by atoms with Crippen LogP contribution in [-0.2, 0) is 27.5 Å². The molecule has 1 aliphatic carbocycles. The van der Waals surface area contributed by atoms with Crippen molar-refractivity contribution in [1.29, 1.82) is 0 Å². The molecule has 2 fully saturated rings. The van der Waals surface area contributed by atoms with E-state index in [0.717, 1.165) is 16.0 Å². The predicted octanol–water partition coefficient (Wildman–Crippen LogP) is 6.29. The van der Waals surface area contributed by atoms with Gasteiger partial charge in [0, 0.05) is 29.4 Å². The number of amides is 3. The average Bonchev–Trinajstić information content (AvgIpc) is 3.76. The average molecular weight is 637 g/mol. The van der Waals surface area contributed by atoms with Crippen molar-refractivity contribution in [2.24, 2.45) is 5.92 Å². The molecule has 1 saturated heterocycles. The Morgan fingerprint density at radius 1 is 0.851 bits per heavy atom. The van der Waals surface area contributed by atoms with Crippen LogP contribution in [0.1, 0.15) is 41.0 Å². The normalized spacial score (nSPS) is 22.9. The van der Waals surface area contributed by atoms with Gasteiger partial charge in [0.05, 0.1) is 20.8 Å². The molecule has 0 aromatic heterocycles. The summed E-state index contributed by atoms with van der Waals surface area (Å²) in [6.07, 6.45) is -0.264. The summed E-state index contributed by atoms with van der Waals surface area (Å²) in [6.45, 7) is -0.190. The lowest BCUT2D eigenvalue weighted by molar-refractivity contribution is -0.154. The van der Waals surface area contributed by atoms with Crippen LogP contribution in [-0.4, -0.2) is 48.2 Å². The number of rotatable bonds is 10. The van der Waals surface area contributed by atoms with Gasteiger partial charge in [-0.2, -0.15) is 0 Å². The molecule has 10 heteroatoms. The molecule has 1 saturated carbocycles. The van der Waals surface area contributed by atoms with Crippen molar-refractivity contribution in [3.8, 4) is 23.0 Å². The van der Waals surface area contributed by atoms with Crippen molar-refractivity contribution in [3.05, 3.63) is 119 Å². The van der Waals surface area contributed by atoms with Crippen molar-refractivity contribution in [3.63, 3.8) is 0 Å². The zero-order valence-electron chi connectivity index (χ0n) is 25.9. The number of nitrogens with one attached hydrogen (secondary N) is 1. The van der Waals surface area contributed by atoms with Crippen molar-refractivity contribution in [1.82, 2.24) is 10.2 Å². The molecule has 4 aromatic carbocycles. The summed E-state index contributed by atoms with van der Waals surface area (Å²) in [5.74, 6) is -0.769. The Labute approximate surface area is 271 Å². The highest BCUT2D eigenvalue weighted by Crippen LogP contribution is 2.59. The number of esters is 1. The number of para-hydroxylation sites is 2. The van der Waals surface area contributed by atoms with Gasteiger partial charge in [0.2, 0.25) is 5.67 Å². The van der Waals surface area contributed by atoms with Gasteiger partial charge >= 0.3 is 12.0 Å². The number of carbonyl (C=O) groups is 3. The highest BCUT2D eigenvalue weighted by Gasteiger charge is 2.75. The summed E-state index contributed by atoms with van der Waals surface area (Å²) in [4.78, 5) is 42.6. The standard InChI is InChI=1S/C37H33FN2O7/c1-44-25-15-11-23(12-16-25)21-40-33(41)37(39-35(40)43,19-29-27-7-3-5-9-30(27)47-31-10-6-4-8-28(29)31)32-20-36(32,38)34(42)46-22-24-13-17-26(45-2)18-14-24/h3-18,29,32H,19-22H2,1-2H3,(H,39,43). The molecule has 240 valence electrons. The molecule has 0 spiro atoms. The third-order valence-corrected chi connectivity index (χ3v) is 9.39. The molecule has 3 atom stereocenters. The van der Waals surface area contributed by atoms with Gasteiger partial charge in [-0.05, 0) is 53.9 Å². The van der Waals surface area contributed by atoms with Gasteiger partial charge in [0.1, 0.15) is 35.1 Å². The number of methoxy groups -OCH3 is 2. The number of imide groups is 1. The van der Waals surface area contributed by atoms with Gasteiger partial charge in [0.15, 0.2) is 0 Å². The molecule has 2 aliphatic heterocycles. The van der Waals surface area contributed by atoms with Gasteiger partial charge in [-0.3, -0.25) is 9.69 Å². The number of benzene rings is 4. The number of ether oxygens (including phenoxy) is 4. The number of fused-ring (bicyclic) bond motifs is 2. The maximum absolute atomic E-state index is 16.7. The molecular weight excluding hydrogens is 603 g/mol. The van der Waals surface area contributed by atoms with E-state index in [1.165, 1.54) is 0 Å². The second-order valence-corrected chi connectivity index (χ2v) is 12.1. The Hall–Kier alpha value is -5.38. The van der Waals surface area contributed by atoms with E-state index >= 15 is 4.39 Å². The van der Waals surface area contributed by atoms with Crippen LogP contribution >= 0.6 is 0 Å². The van der Waals surface area contributed by atoms with E-state index in [4.69, 9.17) is 18.9 Å². The molecule has 3 amide bonds. The van der Waals surface area contributed by atoms with Gasteiger partial charge < -0.3 is 24.3 Å². The molecule has 3 aliphatic rings. The lowest BCUT2D eigenvalue weighted by Gasteiger charge is -2.35. The van der Waals surface area contributed by atoms with Gasteiger partial charge in [-0.25, -0.2) is 14.0 Å². The highest BCUT2D eigenvalue weighted by atomic mass is 19.1. The number of hydrogen-bond acceptors (Lipinski definition) is 7. The monoisotopic (exact) mass is 636 g/mol. The lowest BCUT2D eigenvalue weighted by Crippen LogP contribution is -2.53. The quantitative estimate of drug-likeness (QED) is 0.161. The molecule has 0 bridgehead atoms. The maximum Gasteiger partial charge on any atom is 0.344 e. The Morgan fingerprint density at radius 3 is 1.98 bits per heavy atom. The molecule has 7 rings (SSSR count). The van der Waals surface area contributed by atoms with Crippen LogP contribution in [0.2, 0.25) is 0 Å². The van der Waals surface area contributed by atoms with Crippen LogP contribution in [0.4, 0.5) is 9.18 Å². The minimum Gasteiger partial charge on any atom is -0.497 e. The van der Waals surface area contributed by atoms with Crippen LogP contribution in [0.3, 0.4) is 0 Å². The zero-order valence-corrected chi connectivity index (χ0v) is 25.9. The second kappa shape index (κ2) is 11.8. The number of carbonyl (C=O) groups excluding carboxylic acids is 3. The van der Waals surface area contributed by atoms with Crippen LogP contribution in [0.25, 0.3) is 0 Å². The van der Waals surface area contributed by atoms with Gasteiger partial charge in [-0.15, -0.1) is 0 Å². The summed E-state index contributed by atoms with van der Waals surface area (Å²) in [6, 6.07) is 28.2. The minimum absolute atomic E-state index is 0.0101. The van der Waals surface area contributed by atoms with Crippen molar-refractivity contribution < 1.29 is 37.7 Å². The van der Waals surface area contributed by atoms with Crippen LogP contribution in [0.5, 0.6) is 23.0 Å². The van der Waals surface area contributed by atoms with E-state index in [1.807, 2.05) is 48.5 Å².